The molecule has 0 aliphatic heterocycles. The molecule has 0 fully saturated rings. The van der Waals surface area contributed by atoms with Crippen molar-refractivity contribution < 1.29 is 17.9 Å². The van der Waals surface area contributed by atoms with Crippen LogP contribution in [-0.2, 0) is 6.18 Å². The standard InChI is InChI=1S/C17H19ClF3N3O/c1-24(2)15(11-5-4-6-13(7-11)25-3)10-23-16-14(18)8-12(9-22-16)17(19,20)21/h4-9,15H,10H2,1-3H3,(H,22,23). The molecule has 1 heterocycles. The summed E-state index contributed by atoms with van der Waals surface area (Å²) in [6.07, 6.45) is -3.70. The van der Waals surface area contributed by atoms with Crippen molar-refractivity contribution in [1.29, 1.82) is 0 Å². The number of nitrogens with zero attached hydrogens (tertiary/aromatic N) is 2. The van der Waals surface area contributed by atoms with E-state index in [2.05, 4.69) is 10.3 Å². The summed E-state index contributed by atoms with van der Waals surface area (Å²) in [6, 6.07) is 8.42. The zero-order valence-corrected chi connectivity index (χ0v) is 14.8. The van der Waals surface area contributed by atoms with E-state index in [0.717, 1.165) is 23.6 Å². The van der Waals surface area contributed by atoms with Gasteiger partial charge >= 0.3 is 6.18 Å². The van der Waals surface area contributed by atoms with E-state index < -0.39 is 11.7 Å². The van der Waals surface area contributed by atoms with Gasteiger partial charge in [-0.3, -0.25) is 0 Å². The maximum absolute atomic E-state index is 12.7. The van der Waals surface area contributed by atoms with E-state index in [1.807, 2.05) is 43.3 Å². The lowest BCUT2D eigenvalue weighted by Crippen LogP contribution is -2.27. The SMILES string of the molecule is COc1cccc(C(CNc2ncc(C(F)(F)F)cc2Cl)N(C)C)c1. The number of methoxy groups -OCH3 is 1. The number of nitrogens with one attached hydrogen (secondary N) is 1. The molecule has 1 N–H and O–H groups in total. The van der Waals surface area contributed by atoms with Crippen LogP contribution in [0.5, 0.6) is 5.75 Å². The molecule has 2 rings (SSSR count). The van der Waals surface area contributed by atoms with E-state index >= 15 is 0 Å². The molecule has 0 radical (unpaired) electrons. The summed E-state index contributed by atoms with van der Waals surface area (Å²) in [4.78, 5) is 5.78. The van der Waals surface area contributed by atoms with Gasteiger partial charge in [-0.05, 0) is 37.9 Å². The minimum Gasteiger partial charge on any atom is -0.497 e. The smallest absolute Gasteiger partial charge is 0.417 e. The summed E-state index contributed by atoms with van der Waals surface area (Å²) in [5, 5.41) is 2.94. The average molecular weight is 374 g/mol. The van der Waals surface area contributed by atoms with Gasteiger partial charge in [0, 0.05) is 12.7 Å². The number of benzene rings is 1. The topological polar surface area (TPSA) is 37.4 Å². The van der Waals surface area contributed by atoms with Crippen molar-refractivity contribution in [3.8, 4) is 5.75 Å². The first-order chi connectivity index (χ1) is 11.7. The van der Waals surface area contributed by atoms with Crippen molar-refractivity contribution >= 4 is 17.4 Å². The Morgan fingerprint density at radius 1 is 1.28 bits per heavy atom. The van der Waals surface area contributed by atoms with Gasteiger partial charge in [0.2, 0.25) is 0 Å². The van der Waals surface area contributed by atoms with Gasteiger partial charge in [0.1, 0.15) is 11.6 Å². The van der Waals surface area contributed by atoms with E-state index in [0.29, 0.717) is 6.54 Å². The highest BCUT2D eigenvalue weighted by Crippen LogP contribution is 2.32. The normalized spacial score (nSPS) is 13.0. The summed E-state index contributed by atoms with van der Waals surface area (Å²) in [7, 11) is 5.41. The molecule has 8 heteroatoms. The lowest BCUT2D eigenvalue weighted by molar-refractivity contribution is -0.137. The quantitative estimate of drug-likeness (QED) is 0.810. The number of ether oxygens (including phenoxy) is 1. The van der Waals surface area contributed by atoms with Gasteiger partial charge in [-0.25, -0.2) is 4.98 Å². The van der Waals surface area contributed by atoms with Gasteiger partial charge in [0.05, 0.1) is 23.7 Å². The summed E-state index contributed by atoms with van der Waals surface area (Å²) >= 11 is 5.93. The molecule has 0 aliphatic rings. The molecule has 0 amide bonds. The summed E-state index contributed by atoms with van der Waals surface area (Å²) in [6.45, 7) is 0.415. The average Bonchev–Trinajstić information content (AvgIpc) is 2.55. The predicted molar refractivity (Wildman–Crippen MR) is 92.2 cm³/mol. The second-order valence-corrected chi connectivity index (χ2v) is 6.10. The lowest BCUT2D eigenvalue weighted by atomic mass is 10.1. The fourth-order valence-electron chi connectivity index (χ4n) is 2.36. The van der Waals surface area contributed by atoms with Crippen molar-refractivity contribution in [3.63, 3.8) is 0 Å². The molecule has 0 saturated carbocycles. The zero-order chi connectivity index (χ0) is 18.6. The molecule has 1 unspecified atom stereocenters. The zero-order valence-electron chi connectivity index (χ0n) is 14.1. The molecule has 1 aromatic carbocycles. The van der Waals surface area contributed by atoms with E-state index in [1.165, 1.54) is 0 Å². The summed E-state index contributed by atoms with van der Waals surface area (Å²) < 4.78 is 43.3. The van der Waals surface area contributed by atoms with Crippen LogP contribution in [0, 0.1) is 0 Å². The fraction of sp³-hybridized carbons (Fsp3) is 0.353. The molecule has 1 aromatic heterocycles. The first-order valence-corrected chi connectivity index (χ1v) is 7.87. The number of halogens is 4. The summed E-state index contributed by atoms with van der Waals surface area (Å²) in [5.41, 5.74) is 0.125. The van der Waals surface area contributed by atoms with Crippen LogP contribution in [0.15, 0.2) is 36.5 Å². The van der Waals surface area contributed by atoms with Crippen LogP contribution in [-0.4, -0.2) is 37.6 Å². The molecule has 2 aromatic rings. The Balaban J connectivity index is 2.16. The highest BCUT2D eigenvalue weighted by molar-refractivity contribution is 6.32. The lowest BCUT2D eigenvalue weighted by Gasteiger charge is -2.26. The van der Waals surface area contributed by atoms with Gasteiger partial charge < -0.3 is 15.0 Å². The van der Waals surface area contributed by atoms with Crippen LogP contribution in [0.3, 0.4) is 0 Å². The molecule has 136 valence electrons. The number of likely N-dealkylation sites (N-methyl/N-ethyl adjacent to an activating group) is 1. The van der Waals surface area contributed by atoms with E-state index in [-0.39, 0.29) is 16.9 Å². The highest BCUT2D eigenvalue weighted by Gasteiger charge is 2.31. The van der Waals surface area contributed by atoms with Gasteiger partial charge in [-0.2, -0.15) is 13.2 Å². The molecule has 25 heavy (non-hydrogen) atoms. The number of hydrogen-bond donors (Lipinski definition) is 1. The number of aromatic nitrogens is 1. The number of anilines is 1. The third kappa shape index (κ3) is 4.99. The number of pyridine rings is 1. The minimum absolute atomic E-state index is 0.0461. The second kappa shape index (κ2) is 7.93. The first-order valence-electron chi connectivity index (χ1n) is 7.49. The Labute approximate surface area is 149 Å². The second-order valence-electron chi connectivity index (χ2n) is 5.69. The highest BCUT2D eigenvalue weighted by atomic mass is 35.5. The van der Waals surface area contributed by atoms with Crippen LogP contribution in [0.2, 0.25) is 5.02 Å². The fourth-order valence-corrected chi connectivity index (χ4v) is 2.60. The molecular formula is C17H19ClF3N3O. The van der Waals surface area contributed by atoms with E-state index in [9.17, 15) is 13.2 Å². The predicted octanol–water partition coefficient (Wildman–Crippen LogP) is 4.48. The summed E-state index contributed by atoms with van der Waals surface area (Å²) in [5.74, 6) is 0.944. The number of rotatable bonds is 6. The van der Waals surface area contributed by atoms with Gasteiger partial charge in [0.15, 0.2) is 0 Å². The van der Waals surface area contributed by atoms with E-state index in [1.54, 1.807) is 7.11 Å². The molecule has 0 bridgehead atoms. The number of alkyl halides is 3. The van der Waals surface area contributed by atoms with Crippen molar-refractivity contribution in [2.45, 2.75) is 12.2 Å². The van der Waals surface area contributed by atoms with Gasteiger partial charge in [-0.15, -0.1) is 0 Å². The van der Waals surface area contributed by atoms with Crippen LogP contribution < -0.4 is 10.1 Å². The molecule has 0 spiro atoms. The largest absolute Gasteiger partial charge is 0.497 e. The molecule has 0 saturated heterocycles. The Morgan fingerprint density at radius 3 is 2.56 bits per heavy atom. The van der Waals surface area contributed by atoms with E-state index in [4.69, 9.17) is 16.3 Å². The van der Waals surface area contributed by atoms with Crippen molar-refractivity contribution in [2.75, 3.05) is 33.1 Å². The third-order valence-electron chi connectivity index (χ3n) is 3.73. The monoisotopic (exact) mass is 373 g/mol. The van der Waals surface area contributed by atoms with Gasteiger partial charge in [0.25, 0.3) is 0 Å². The van der Waals surface area contributed by atoms with Crippen molar-refractivity contribution in [2.24, 2.45) is 0 Å². The molecule has 4 nitrogen and oxygen atoms in total. The van der Waals surface area contributed by atoms with Crippen molar-refractivity contribution in [1.82, 2.24) is 9.88 Å². The van der Waals surface area contributed by atoms with Gasteiger partial charge in [-0.1, -0.05) is 23.7 Å². The Bertz CT molecular complexity index is 723. The maximum atomic E-state index is 12.7. The Kier molecular flexibility index (Phi) is 6.13. The molecule has 1 atom stereocenters. The first kappa shape index (κ1) is 19.3. The van der Waals surface area contributed by atoms with Crippen LogP contribution in [0.25, 0.3) is 0 Å². The molecular weight excluding hydrogens is 355 g/mol. The maximum Gasteiger partial charge on any atom is 0.417 e. The Morgan fingerprint density at radius 2 is 2.00 bits per heavy atom. The number of hydrogen-bond acceptors (Lipinski definition) is 4. The molecule has 0 aliphatic carbocycles. The van der Waals surface area contributed by atoms with Crippen LogP contribution >= 0.6 is 11.6 Å². The van der Waals surface area contributed by atoms with Crippen LogP contribution in [0.4, 0.5) is 19.0 Å². The van der Waals surface area contributed by atoms with Crippen molar-refractivity contribution in [3.05, 3.63) is 52.7 Å². The third-order valence-corrected chi connectivity index (χ3v) is 4.02. The minimum atomic E-state index is -4.47. The Hall–Kier alpha value is -1.99. The van der Waals surface area contributed by atoms with Crippen LogP contribution in [0.1, 0.15) is 17.2 Å².